The highest BCUT2D eigenvalue weighted by molar-refractivity contribution is 5.33. The molecule has 2 aromatic rings. The van der Waals surface area contributed by atoms with Crippen LogP contribution < -0.4 is 4.84 Å². The van der Waals surface area contributed by atoms with Crippen molar-refractivity contribution in [1.82, 2.24) is 5.06 Å². The number of nitrogens with zero attached hydrogens (tertiary/aromatic N) is 1. The second kappa shape index (κ2) is 6.77. The summed E-state index contributed by atoms with van der Waals surface area (Å²) in [5, 5.41) is 2.12. The van der Waals surface area contributed by atoms with Gasteiger partial charge in [0.25, 0.3) is 0 Å². The zero-order chi connectivity index (χ0) is 14.5. The Balaban J connectivity index is 1.59. The molecule has 0 amide bonds. The summed E-state index contributed by atoms with van der Waals surface area (Å²) in [4.78, 5) is 6.09. The summed E-state index contributed by atoms with van der Waals surface area (Å²) in [6.07, 6.45) is 3.34. The highest BCUT2D eigenvalue weighted by Crippen LogP contribution is 2.29. The van der Waals surface area contributed by atoms with Gasteiger partial charge < -0.3 is 4.84 Å². The molecule has 0 aromatic heterocycles. The van der Waals surface area contributed by atoms with E-state index < -0.39 is 0 Å². The van der Waals surface area contributed by atoms with Crippen LogP contribution in [0, 0.1) is 0 Å². The molecule has 0 aliphatic carbocycles. The van der Waals surface area contributed by atoms with Gasteiger partial charge in [-0.3, -0.25) is 0 Å². The topological polar surface area (TPSA) is 12.5 Å². The molecule has 3 rings (SSSR count). The van der Waals surface area contributed by atoms with E-state index in [4.69, 9.17) is 4.84 Å². The van der Waals surface area contributed by atoms with Crippen molar-refractivity contribution >= 4 is 0 Å². The van der Waals surface area contributed by atoms with E-state index in [0.29, 0.717) is 5.92 Å². The van der Waals surface area contributed by atoms with Gasteiger partial charge >= 0.3 is 0 Å². The smallest absolute Gasteiger partial charge is 0.150 e. The molecule has 0 unspecified atom stereocenters. The Hall–Kier alpha value is -1.80. The lowest BCUT2D eigenvalue weighted by Gasteiger charge is -2.32. The minimum Gasteiger partial charge on any atom is -0.406 e. The van der Waals surface area contributed by atoms with E-state index in [9.17, 15) is 0 Å². The fraction of sp³-hybridized carbons (Fsp3) is 0.368. The van der Waals surface area contributed by atoms with Crippen molar-refractivity contribution in [2.75, 3.05) is 13.1 Å². The molecule has 2 aromatic carbocycles. The van der Waals surface area contributed by atoms with E-state index in [-0.39, 0.29) is 0 Å². The molecular formula is C19H23NO. The second-order valence-electron chi connectivity index (χ2n) is 5.67. The summed E-state index contributed by atoms with van der Waals surface area (Å²) in [5.41, 5.74) is 2.74. The molecule has 0 spiro atoms. The summed E-state index contributed by atoms with van der Waals surface area (Å²) in [6.45, 7) is 4.17. The van der Waals surface area contributed by atoms with Gasteiger partial charge in [0.1, 0.15) is 0 Å². The summed E-state index contributed by atoms with van der Waals surface area (Å²) < 4.78 is 0. The number of benzene rings is 2. The molecule has 1 saturated heterocycles. The van der Waals surface area contributed by atoms with E-state index in [1.807, 2.05) is 6.07 Å². The number of para-hydroxylation sites is 1. The van der Waals surface area contributed by atoms with Crippen LogP contribution in [0.3, 0.4) is 0 Å². The zero-order valence-corrected chi connectivity index (χ0v) is 12.7. The predicted octanol–water partition coefficient (Wildman–Crippen LogP) is 4.42. The Morgan fingerprint density at radius 2 is 1.62 bits per heavy atom. The molecule has 0 atom stereocenters. The summed E-state index contributed by atoms with van der Waals surface area (Å²) in [5.74, 6) is 1.69. The first-order chi connectivity index (χ1) is 10.4. The number of hydrogen-bond donors (Lipinski definition) is 0. The van der Waals surface area contributed by atoms with Crippen LogP contribution >= 0.6 is 0 Å². The van der Waals surface area contributed by atoms with Gasteiger partial charge in [-0.05, 0) is 42.4 Å². The quantitative estimate of drug-likeness (QED) is 0.822. The van der Waals surface area contributed by atoms with Gasteiger partial charge in [-0.15, -0.1) is 5.06 Å². The van der Waals surface area contributed by atoms with E-state index in [1.165, 1.54) is 11.1 Å². The molecule has 0 radical (unpaired) electrons. The molecular weight excluding hydrogens is 258 g/mol. The SMILES string of the molecule is CCc1ccccc1ON1CCC(c2ccccc2)CC1. The maximum Gasteiger partial charge on any atom is 0.150 e. The van der Waals surface area contributed by atoms with Crippen LogP contribution in [0.25, 0.3) is 0 Å². The average molecular weight is 281 g/mol. The van der Waals surface area contributed by atoms with E-state index in [1.54, 1.807) is 0 Å². The van der Waals surface area contributed by atoms with E-state index in [2.05, 4.69) is 60.5 Å². The number of aryl methyl sites for hydroxylation is 1. The molecule has 110 valence electrons. The first kappa shape index (κ1) is 14.2. The van der Waals surface area contributed by atoms with Gasteiger partial charge in [0.15, 0.2) is 5.75 Å². The third-order valence-corrected chi connectivity index (χ3v) is 4.31. The van der Waals surface area contributed by atoms with Crippen molar-refractivity contribution in [1.29, 1.82) is 0 Å². The molecule has 0 saturated carbocycles. The van der Waals surface area contributed by atoms with Crippen molar-refractivity contribution < 1.29 is 4.84 Å². The molecule has 1 heterocycles. The predicted molar refractivity (Wildman–Crippen MR) is 86.4 cm³/mol. The fourth-order valence-electron chi connectivity index (χ4n) is 3.03. The lowest BCUT2D eigenvalue weighted by Crippen LogP contribution is -2.35. The van der Waals surface area contributed by atoms with E-state index in [0.717, 1.165) is 38.1 Å². The monoisotopic (exact) mass is 281 g/mol. The van der Waals surface area contributed by atoms with Gasteiger partial charge in [0.05, 0.1) is 0 Å². The third-order valence-electron chi connectivity index (χ3n) is 4.31. The molecule has 0 bridgehead atoms. The first-order valence-electron chi connectivity index (χ1n) is 7.92. The van der Waals surface area contributed by atoms with Crippen molar-refractivity contribution in [2.24, 2.45) is 0 Å². The van der Waals surface area contributed by atoms with Crippen molar-refractivity contribution in [3.05, 3.63) is 65.7 Å². The maximum atomic E-state index is 6.09. The highest BCUT2D eigenvalue weighted by atomic mass is 16.7. The van der Waals surface area contributed by atoms with E-state index >= 15 is 0 Å². The number of rotatable bonds is 4. The molecule has 0 N–H and O–H groups in total. The van der Waals surface area contributed by atoms with Crippen LogP contribution in [0.5, 0.6) is 5.75 Å². The summed E-state index contributed by atoms with van der Waals surface area (Å²) in [7, 11) is 0. The number of piperidine rings is 1. The molecule has 1 aliphatic heterocycles. The van der Waals surface area contributed by atoms with Gasteiger partial charge in [-0.25, -0.2) is 0 Å². The lowest BCUT2D eigenvalue weighted by atomic mass is 9.90. The standard InChI is InChI=1S/C19H23NO/c1-2-16-8-6-7-11-19(16)21-20-14-12-18(13-15-20)17-9-4-3-5-10-17/h3-11,18H,2,12-15H2,1H3. The van der Waals surface area contributed by atoms with Crippen molar-refractivity contribution in [3.8, 4) is 5.75 Å². The van der Waals surface area contributed by atoms with Crippen LogP contribution in [0.2, 0.25) is 0 Å². The van der Waals surface area contributed by atoms with Crippen LogP contribution in [-0.2, 0) is 6.42 Å². The van der Waals surface area contributed by atoms with Gasteiger partial charge in [-0.1, -0.05) is 55.5 Å². The van der Waals surface area contributed by atoms with Crippen LogP contribution in [0.4, 0.5) is 0 Å². The van der Waals surface area contributed by atoms with Crippen LogP contribution in [0.1, 0.15) is 36.8 Å². The average Bonchev–Trinajstić information content (AvgIpc) is 2.57. The Morgan fingerprint density at radius 1 is 0.952 bits per heavy atom. The minimum atomic E-state index is 0.674. The third kappa shape index (κ3) is 3.45. The van der Waals surface area contributed by atoms with Crippen molar-refractivity contribution in [3.63, 3.8) is 0 Å². The highest BCUT2D eigenvalue weighted by Gasteiger charge is 2.21. The molecule has 2 heteroatoms. The van der Waals surface area contributed by atoms with Gasteiger partial charge in [-0.2, -0.15) is 0 Å². The molecule has 1 aliphatic rings. The Labute approximate surface area is 127 Å². The Bertz CT molecular complexity index is 559. The summed E-state index contributed by atoms with van der Waals surface area (Å²) >= 11 is 0. The fourth-order valence-corrected chi connectivity index (χ4v) is 3.03. The number of hydrogen-bond acceptors (Lipinski definition) is 2. The molecule has 21 heavy (non-hydrogen) atoms. The maximum absolute atomic E-state index is 6.09. The zero-order valence-electron chi connectivity index (χ0n) is 12.7. The lowest BCUT2D eigenvalue weighted by molar-refractivity contribution is -0.0763. The largest absolute Gasteiger partial charge is 0.406 e. The normalized spacial score (nSPS) is 16.8. The van der Waals surface area contributed by atoms with Gasteiger partial charge in [0.2, 0.25) is 0 Å². The van der Waals surface area contributed by atoms with Crippen molar-refractivity contribution in [2.45, 2.75) is 32.1 Å². The van der Waals surface area contributed by atoms with Crippen LogP contribution in [0.15, 0.2) is 54.6 Å². The molecule has 1 fully saturated rings. The van der Waals surface area contributed by atoms with Crippen LogP contribution in [-0.4, -0.2) is 18.2 Å². The first-order valence-corrected chi connectivity index (χ1v) is 7.92. The van der Waals surface area contributed by atoms with Gasteiger partial charge in [0, 0.05) is 13.1 Å². The Kier molecular flexibility index (Phi) is 4.56. The molecule has 2 nitrogen and oxygen atoms in total. The Morgan fingerprint density at radius 3 is 2.33 bits per heavy atom. The minimum absolute atomic E-state index is 0.674. The summed E-state index contributed by atoms with van der Waals surface area (Å²) in [6, 6.07) is 19.2. The second-order valence-corrected chi connectivity index (χ2v) is 5.67. The number of hydroxylamine groups is 2.